The van der Waals surface area contributed by atoms with Crippen LogP contribution in [0.3, 0.4) is 0 Å². The summed E-state index contributed by atoms with van der Waals surface area (Å²) in [5.41, 5.74) is 10.5. The number of nitrogens with two attached hydrogens (primary N) is 1. The highest BCUT2D eigenvalue weighted by Gasteiger charge is 1.98. The van der Waals surface area contributed by atoms with E-state index >= 15 is 0 Å². The monoisotopic (exact) mass is 331 g/mol. The molecule has 2 aromatic rings. The minimum Gasteiger partial charge on any atom is -0.370 e. The Bertz CT molecular complexity index is 618. The maximum Gasteiger partial charge on any atom is 0.193 e. The number of nitrogens with one attached hydrogen (secondary N) is 1. The molecule has 0 bridgehead atoms. The van der Waals surface area contributed by atoms with Gasteiger partial charge in [-0.1, -0.05) is 34.1 Å². The lowest BCUT2D eigenvalue weighted by atomic mass is 10.1. The molecule has 0 saturated carbocycles. The van der Waals surface area contributed by atoms with Crippen molar-refractivity contribution in [3.05, 3.63) is 63.6 Å². The van der Waals surface area contributed by atoms with Crippen molar-refractivity contribution >= 4 is 27.6 Å². The van der Waals surface area contributed by atoms with Gasteiger partial charge < -0.3 is 11.1 Å². The fourth-order valence-corrected chi connectivity index (χ4v) is 2.04. The summed E-state index contributed by atoms with van der Waals surface area (Å²) in [7, 11) is 0. The summed E-state index contributed by atoms with van der Waals surface area (Å²) >= 11 is 3.41. The topological polar surface area (TPSA) is 50.4 Å². The second-order valence-corrected chi connectivity index (χ2v) is 5.67. The molecule has 0 heterocycles. The van der Waals surface area contributed by atoms with Crippen LogP contribution in [0.5, 0.6) is 0 Å². The summed E-state index contributed by atoms with van der Waals surface area (Å²) in [6, 6.07) is 14.2. The van der Waals surface area contributed by atoms with Crippen LogP contribution in [0, 0.1) is 13.8 Å². The Morgan fingerprint density at radius 1 is 1.10 bits per heavy atom. The minimum atomic E-state index is 0.427. The first-order valence-corrected chi connectivity index (χ1v) is 7.22. The maximum absolute atomic E-state index is 5.90. The van der Waals surface area contributed by atoms with Gasteiger partial charge in [-0.3, -0.25) is 0 Å². The Hall–Kier alpha value is -1.81. The molecule has 0 amide bonds. The number of aliphatic imine (C=N–C) groups is 1. The molecular weight excluding hydrogens is 314 g/mol. The van der Waals surface area contributed by atoms with Crippen molar-refractivity contribution in [2.24, 2.45) is 10.7 Å². The third-order valence-corrected chi connectivity index (χ3v) is 3.65. The van der Waals surface area contributed by atoms with E-state index in [4.69, 9.17) is 5.73 Å². The zero-order valence-electron chi connectivity index (χ0n) is 11.7. The lowest BCUT2D eigenvalue weighted by Crippen LogP contribution is -2.22. The van der Waals surface area contributed by atoms with Crippen LogP contribution in [0.25, 0.3) is 0 Å². The Kier molecular flexibility index (Phi) is 4.79. The van der Waals surface area contributed by atoms with Gasteiger partial charge in [0.1, 0.15) is 0 Å². The average molecular weight is 332 g/mol. The first kappa shape index (κ1) is 14.6. The standard InChI is InChI=1S/C16H18BrN3/c1-11-3-8-15(9-12(11)2)20-16(18)19-10-13-4-6-14(17)7-5-13/h3-9H,10H2,1-2H3,(H3,18,19,20). The summed E-state index contributed by atoms with van der Waals surface area (Å²) in [4.78, 5) is 4.34. The largest absolute Gasteiger partial charge is 0.370 e. The zero-order chi connectivity index (χ0) is 14.5. The molecule has 0 aliphatic carbocycles. The Morgan fingerprint density at radius 2 is 1.80 bits per heavy atom. The van der Waals surface area contributed by atoms with E-state index in [2.05, 4.69) is 52.2 Å². The molecule has 0 fully saturated rings. The first-order valence-electron chi connectivity index (χ1n) is 6.43. The van der Waals surface area contributed by atoms with Gasteiger partial charge >= 0.3 is 0 Å². The van der Waals surface area contributed by atoms with Crippen molar-refractivity contribution in [2.45, 2.75) is 20.4 Å². The van der Waals surface area contributed by atoms with E-state index in [1.807, 2.05) is 30.3 Å². The van der Waals surface area contributed by atoms with Gasteiger partial charge in [-0.2, -0.15) is 0 Å². The molecule has 0 radical (unpaired) electrons. The van der Waals surface area contributed by atoms with Crippen LogP contribution in [0.2, 0.25) is 0 Å². The van der Waals surface area contributed by atoms with Gasteiger partial charge in [0, 0.05) is 10.2 Å². The Morgan fingerprint density at radius 3 is 2.45 bits per heavy atom. The molecule has 0 saturated heterocycles. The SMILES string of the molecule is Cc1ccc(NC(N)=NCc2ccc(Br)cc2)cc1C. The predicted molar refractivity (Wildman–Crippen MR) is 89.0 cm³/mol. The van der Waals surface area contributed by atoms with Crippen molar-refractivity contribution in [2.75, 3.05) is 5.32 Å². The van der Waals surface area contributed by atoms with Crippen molar-refractivity contribution in [1.82, 2.24) is 0 Å². The molecule has 20 heavy (non-hydrogen) atoms. The number of halogens is 1. The summed E-state index contributed by atoms with van der Waals surface area (Å²) in [6.45, 7) is 4.73. The van der Waals surface area contributed by atoms with Crippen LogP contribution in [0.15, 0.2) is 51.9 Å². The molecule has 0 aromatic heterocycles. The molecule has 0 aliphatic rings. The molecule has 3 nitrogen and oxygen atoms in total. The van der Waals surface area contributed by atoms with Gasteiger partial charge in [-0.25, -0.2) is 4.99 Å². The number of hydrogen-bond donors (Lipinski definition) is 2. The lowest BCUT2D eigenvalue weighted by molar-refractivity contribution is 1.06. The number of benzene rings is 2. The van der Waals surface area contributed by atoms with Crippen LogP contribution >= 0.6 is 15.9 Å². The van der Waals surface area contributed by atoms with Crippen LogP contribution in [0.4, 0.5) is 5.69 Å². The van der Waals surface area contributed by atoms with Gasteiger partial charge in [-0.15, -0.1) is 0 Å². The quantitative estimate of drug-likeness (QED) is 0.659. The molecule has 3 N–H and O–H groups in total. The third-order valence-electron chi connectivity index (χ3n) is 3.12. The molecule has 2 aromatic carbocycles. The van der Waals surface area contributed by atoms with Crippen molar-refractivity contribution in [1.29, 1.82) is 0 Å². The van der Waals surface area contributed by atoms with Gasteiger partial charge in [-0.05, 0) is 54.8 Å². The maximum atomic E-state index is 5.90. The number of anilines is 1. The summed E-state index contributed by atoms with van der Waals surface area (Å²) < 4.78 is 1.06. The summed E-state index contributed by atoms with van der Waals surface area (Å²) in [5.74, 6) is 0.427. The second-order valence-electron chi connectivity index (χ2n) is 4.75. The van der Waals surface area contributed by atoms with Gasteiger partial charge in [0.15, 0.2) is 5.96 Å². The molecule has 4 heteroatoms. The number of rotatable bonds is 3. The fraction of sp³-hybridized carbons (Fsp3) is 0.188. The summed E-state index contributed by atoms with van der Waals surface area (Å²) in [5, 5.41) is 3.11. The van der Waals surface area contributed by atoms with Crippen molar-refractivity contribution < 1.29 is 0 Å². The van der Waals surface area contributed by atoms with E-state index in [1.54, 1.807) is 0 Å². The predicted octanol–water partition coefficient (Wildman–Crippen LogP) is 3.99. The molecule has 0 atom stereocenters. The smallest absolute Gasteiger partial charge is 0.193 e. The summed E-state index contributed by atoms with van der Waals surface area (Å²) in [6.07, 6.45) is 0. The Labute approximate surface area is 128 Å². The number of aryl methyl sites for hydroxylation is 2. The molecule has 104 valence electrons. The first-order chi connectivity index (χ1) is 9.54. The lowest BCUT2D eigenvalue weighted by Gasteiger charge is -2.08. The molecular formula is C16H18BrN3. The van der Waals surface area contributed by atoms with Crippen LogP contribution < -0.4 is 11.1 Å². The van der Waals surface area contributed by atoms with Crippen molar-refractivity contribution in [3.8, 4) is 0 Å². The molecule has 0 aliphatic heterocycles. The van der Waals surface area contributed by atoms with Crippen LogP contribution in [-0.2, 0) is 6.54 Å². The van der Waals surface area contributed by atoms with E-state index in [0.717, 1.165) is 15.7 Å². The minimum absolute atomic E-state index is 0.427. The Balaban J connectivity index is 2.00. The van der Waals surface area contributed by atoms with E-state index in [0.29, 0.717) is 12.5 Å². The van der Waals surface area contributed by atoms with Gasteiger partial charge in [0.05, 0.1) is 6.54 Å². The van der Waals surface area contributed by atoms with E-state index in [-0.39, 0.29) is 0 Å². The molecule has 2 rings (SSSR count). The number of guanidine groups is 1. The second kappa shape index (κ2) is 6.57. The van der Waals surface area contributed by atoms with E-state index < -0.39 is 0 Å². The van der Waals surface area contributed by atoms with Gasteiger partial charge in [0.2, 0.25) is 0 Å². The van der Waals surface area contributed by atoms with Crippen LogP contribution in [-0.4, -0.2) is 5.96 Å². The van der Waals surface area contributed by atoms with E-state index in [9.17, 15) is 0 Å². The zero-order valence-corrected chi connectivity index (χ0v) is 13.2. The highest BCUT2D eigenvalue weighted by Crippen LogP contribution is 2.14. The highest BCUT2D eigenvalue weighted by atomic mass is 79.9. The third kappa shape index (κ3) is 4.10. The number of nitrogens with zero attached hydrogens (tertiary/aromatic N) is 1. The number of hydrogen-bond acceptors (Lipinski definition) is 1. The van der Waals surface area contributed by atoms with Gasteiger partial charge in [0.25, 0.3) is 0 Å². The average Bonchev–Trinajstić information content (AvgIpc) is 2.42. The fourth-order valence-electron chi connectivity index (χ4n) is 1.77. The molecule has 0 spiro atoms. The van der Waals surface area contributed by atoms with Crippen LogP contribution in [0.1, 0.15) is 16.7 Å². The van der Waals surface area contributed by atoms with Crippen molar-refractivity contribution in [3.63, 3.8) is 0 Å². The molecule has 0 unspecified atom stereocenters. The highest BCUT2D eigenvalue weighted by molar-refractivity contribution is 9.10. The van der Waals surface area contributed by atoms with E-state index in [1.165, 1.54) is 11.1 Å². The normalized spacial score (nSPS) is 11.4.